The lowest BCUT2D eigenvalue weighted by atomic mass is 10.1. The van der Waals surface area contributed by atoms with Gasteiger partial charge in [-0.1, -0.05) is 35.3 Å². The third-order valence-electron chi connectivity index (χ3n) is 3.31. The summed E-state index contributed by atoms with van der Waals surface area (Å²) in [6.07, 6.45) is -0.197. The van der Waals surface area contributed by atoms with Gasteiger partial charge < -0.3 is 15.2 Å². The second-order valence-electron chi connectivity index (χ2n) is 5.83. The SMILES string of the molecule is CC(C)Nc1cccc(COc2c(Cl)cc(CC(=O)O)cc2Cl)c1F. The molecule has 0 spiro atoms. The zero-order valence-electron chi connectivity index (χ0n) is 13.8. The summed E-state index contributed by atoms with van der Waals surface area (Å²) in [7, 11) is 0. The average molecular weight is 386 g/mol. The van der Waals surface area contributed by atoms with Gasteiger partial charge in [0.05, 0.1) is 22.2 Å². The summed E-state index contributed by atoms with van der Waals surface area (Å²) in [5.74, 6) is -1.19. The number of carboxylic acid groups (broad SMARTS) is 1. The number of ether oxygens (including phenoxy) is 1. The van der Waals surface area contributed by atoms with Gasteiger partial charge >= 0.3 is 5.97 Å². The first-order chi connectivity index (χ1) is 11.8. The number of hydrogen-bond donors (Lipinski definition) is 2. The molecular weight excluding hydrogens is 368 g/mol. The van der Waals surface area contributed by atoms with Gasteiger partial charge in [-0.25, -0.2) is 4.39 Å². The Kier molecular flexibility index (Phi) is 6.51. The molecule has 0 heterocycles. The van der Waals surface area contributed by atoms with E-state index >= 15 is 0 Å². The van der Waals surface area contributed by atoms with E-state index < -0.39 is 11.8 Å². The fraction of sp³-hybridized carbons (Fsp3) is 0.278. The van der Waals surface area contributed by atoms with Gasteiger partial charge in [0.25, 0.3) is 0 Å². The maximum Gasteiger partial charge on any atom is 0.307 e. The number of nitrogens with one attached hydrogen (secondary N) is 1. The van der Waals surface area contributed by atoms with Crippen molar-refractivity contribution in [3.05, 3.63) is 57.3 Å². The Hall–Kier alpha value is -1.98. The van der Waals surface area contributed by atoms with E-state index in [0.29, 0.717) is 16.8 Å². The molecule has 0 amide bonds. The lowest BCUT2D eigenvalue weighted by Crippen LogP contribution is -2.12. The Balaban J connectivity index is 2.18. The molecule has 0 aromatic heterocycles. The lowest BCUT2D eigenvalue weighted by molar-refractivity contribution is -0.136. The van der Waals surface area contributed by atoms with E-state index in [9.17, 15) is 9.18 Å². The summed E-state index contributed by atoms with van der Waals surface area (Å²) < 4.78 is 20.0. The van der Waals surface area contributed by atoms with Crippen LogP contribution in [0.15, 0.2) is 30.3 Å². The molecule has 0 bridgehead atoms. The Bertz CT molecular complexity index is 758. The number of anilines is 1. The van der Waals surface area contributed by atoms with Gasteiger partial charge in [0.2, 0.25) is 0 Å². The van der Waals surface area contributed by atoms with E-state index in [2.05, 4.69) is 5.32 Å². The maximum absolute atomic E-state index is 14.5. The molecule has 0 fully saturated rings. The van der Waals surface area contributed by atoms with Crippen LogP contribution in [0.25, 0.3) is 0 Å². The van der Waals surface area contributed by atoms with Crippen LogP contribution >= 0.6 is 23.2 Å². The quantitative estimate of drug-likeness (QED) is 0.690. The van der Waals surface area contributed by atoms with Gasteiger partial charge in [-0.05, 0) is 37.6 Å². The molecule has 0 aliphatic carbocycles. The molecule has 7 heteroatoms. The summed E-state index contributed by atoms with van der Waals surface area (Å²) in [6.45, 7) is 3.78. The van der Waals surface area contributed by atoms with Crippen LogP contribution in [-0.2, 0) is 17.8 Å². The molecule has 2 aromatic carbocycles. The molecule has 2 rings (SSSR count). The van der Waals surface area contributed by atoms with Crippen molar-refractivity contribution in [3.8, 4) is 5.75 Å². The standard InChI is InChI=1S/C18H18Cl2FNO3/c1-10(2)22-15-5-3-4-12(17(15)21)9-25-18-13(19)6-11(7-14(18)20)8-16(23)24/h3-7,10,22H,8-9H2,1-2H3,(H,23,24). The third kappa shape index (κ3) is 5.25. The number of rotatable bonds is 7. The minimum atomic E-state index is -0.989. The summed E-state index contributed by atoms with van der Waals surface area (Å²) in [5, 5.41) is 12.2. The highest BCUT2D eigenvalue weighted by molar-refractivity contribution is 6.37. The van der Waals surface area contributed by atoms with E-state index in [0.717, 1.165) is 0 Å². The highest BCUT2D eigenvalue weighted by atomic mass is 35.5. The van der Waals surface area contributed by atoms with Crippen molar-refractivity contribution in [2.75, 3.05) is 5.32 Å². The van der Waals surface area contributed by atoms with Crippen LogP contribution in [0.3, 0.4) is 0 Å². The Morgan fingerprint density at radius 2 is 1.92 bits per heavy atom. The molecule has 0 atom stereocenters. The highest BCUT2D eigenvalue weighted by Crippen LogP contribution is 2.35. The van der Waals surface area contributed by atoms with Crippen LogP contribution in [0.2, 0.25) is 10.0 Å². The van der Waals surface area contributed by atoms with Crippen molar-refractivity contribution in [1.29, 1.82) is 0 Å². The maximum atomic E-state index is 14.5. The van der Waals surface area contributed by atoms with Crippen molar-refractivity contribution in [2.24, 2.45) is 0 Å². The van der Waals surface area contributed by atoms with E-state index in [1.54, 1.807) is 18.2 Å². The van der Waals surface area contributed by atoms with Gasteiger partial charge in [0.15, 0.2) is 11.6 Å². The highest BCUT2D eigenvalue weighted by Gasteiger charge is 2.14. The Morgan fingerprint density at radius 1 is 1.28 bits per heavy atom. The van der Waals surface area contributed by atoms with Crippen molar-refractivity contribution >= 4 is 34.9 Å². The third-order valence-corrected chi connectivity index (χ3v) is 3.87. The zero-order chi connectivity index (χ0) is 18.6. The molecule has 0 aliphatic rings. The zero-order valence-corrected chi connectivity index (χ0v) is 15.3. The molecule has 0 unspecified atom stereocenters. The second-order valence-corrected chi connectivity index (χ2v) is 6.64. The molecule has 2 N–H and O–H groups in total. The minimum absolute atomic E-state index is 0.0584. The molecule has 2 aromatic rings. The van der Waals surface area contributed by atoms with E-state index in [-0.39, 0.29) is 34.9 Å². The van der Waals surface area contributed by atoms with Crippen LogP contribution in [0.1, 0.15) is 25.0 Å². The van der Waals surface area contributed by atoms with Crippen LogP contribution in [0.4, 0.5) is 10.1 Å². The first kappa shape index (κ1) is 19.3. The Labute approximate surface area is 155 Å². The predicted molar refractivity (Wildman–Crippen MR) is 97.3 cm³/mol. The van der Waals surface area contributed by atoms with Crippen LogP contribution in [0.5, 0.6) is 5.75 Å². The van der Waals surface area contributed by atoms with Gasteiger partial charge in [-0.3, -0.25) is 4.79 Å². The first-order valence-corrected chi connectivity index (χ1v) is 8.40. The topological polar surface area (TPSA) is 58.6 Å². The molecule has 4 nitrogen and oxygen atoms in total. The van der Waals surface area contributed by atoms with Gasteiger partial charge in [-0.2, -0.15) is 0 Å². The fourth-order valence-electron chi connectivity index (χ4n) is 2.29. The summed E-state index contributed by atoms with van der Waals surface area (Å²) in [6, 6.07) is 8.04. The lowest BCUT2D eigenvalue weighted by Gasteiger charge is -2.15. The van der Waals surface area contributed by atoms with Crippen molar-refractivity contribution in [2.45, 2.75) is 32.9 Å². The number of carboxylic acids is 1. The fourth-order valence-corrected chi connectivity index (χ4v) is 2.93. The molecule has 25 heavy (non-hydrogen) atoms. The molecule has 0 saturated heterocycles. The normalized spacial score (nSPS) is 10.8. The van der Waals surface area contributed by atoms with Gasteiger partial charge in [-0.15, -0.1) is 0 Å². The van der Waals surface area contributed by atoms with Crippen molar-refractivity contribution in [1.82, 2.24) is 0 Å². The summed E-state index contributed by atoms with van der Waals surface area (Å²) >= 11 is 12.2. The van der Waals surface area contributed by atoms with E-state index in [4.69, 9.17) is 33.0 Å². The van der Waals surface area contributed by atoms with Crippen LogP contribution < -0.4 is 10.1 Å². The summed E-state index contributed by atoms with van der Waals surface area (Å²) in [5.41, 5.74) is 1.21. The van der Waals surface area contributed by atoms with Crippen molar-refractivity contribution in [3.63, 3.8) is 0 Å². The summed E-state index contributed by atoms with van der Waals surface area (Å²) in [4.78, 5) is 10.8. The minimum Gasteiger partial charge on any atom is -0.486 e. The van der Waals surface area contributed by atoms with E-state index in [1.165, 1.54) is 12.1 Å². The van der Waals surface area contributed by atoms with Crippen LogP contribution in [-0.4, -0.2) is 17.1 Å². The predicted octanol–water partition coefficient (Wildman–Crippen LogP) is 5.16. The molecule has 0 aliphatic heterocycles. The number of benzene rings is 2. The van der Waals surface area contributed by atoms with Crippen molar-refractivity contribution < 1.29 is 19.0 Å². The average Bonchev–Trinajstić information content (AvgIpc) is 2.48. The monoisotopic (exact) mass is 385 g/mol. The molecule has 0 saturated carbocycles. The Morgan fingerprint density at radius 3 is 2.48 bits per heavy atom. The van der Waals surface area contributed by atoms with Gasteiger partial charge in [0, 0.05) is 11.6 Å². The number of halogens is 3. The number of hydrogen-bond acceptors (Lipinski definition) is 3. The largest absolute Gasteiger partial charge is 0.486 e. The van der Waals surface area contributed by atoms with Crippen LogP contribution in [0, 0.1) is 5.82 Å². The number of aliphatic carboxylic acids is 1. The van der Waals surface area contributed by atoms with E-state index in [1.807, 2.05) is 13.8 Å². The first-order valence-electron chi connectivity index (χ1n) is 7.64. The molecule has 134 valence electrons. The molecular formula is C18H18Cl2FNO3. The smallest absolute Gasteiger partial charge is 0.307 e. The number of carbonyl (C=O) groups is 1. The molecule has 0 radical (unpaired) electrons. The second kappa shape index (κ2) is 8.41. The van der Waals surface area contributed by atoms with Gasteiger partial charge in [0.1, 0.15) is 6.61 Å².